The first-order valence-corrected chi connectivity index (χ1v) is 7.97. The Morgan fingerprint density at radius 1 is 1.36 bits per heavy atom. The molecule has 0 radical (unpaired) electrons. The second kappa shape index (κ2) is 4.82. The van der Waals surface area contributed by atoms with E-state index >= 15 is 0 Å². The lowest BCUT2D eigenvalue weighted by molar-refractivity contribution is 0.752. The summed E-state index contributed by atoms with van der Waals surface area (Å²) in [5.41, 5.74) is 1.21. The van der Waals surface area contributed by atoms with E-state index in [0.717, 1.165) is 27.7 Å². The highest BCUT2D eigenvalue weighted by Gasteiger charge is 2.46. The number of fused-ring (bicyclic) bond motifs is 2. The second-order valence-corrected chi connectivity index (χ2v) is 6.92. The quantitative estimate of drug-likeness (QED) is 0.733. The number of aryl methyl sites for hydroxylation is 1. The molecular weight excluding hydrogens is 349 g/mol. The number of aromatic nitrogens is 2. The van der Waals surface area contributed by atoms with Crippen LogP contribution in [0.2, 0.25) is 0 Å². The summed E-state index contributed by atoms with van der Waals surface area (Å²) in [5.74, 6) is 1.81. The molecule has 0 N–H and O–H groups in total. The number of nitrogens with zero attached hydrogens (tertiary/aromatic N) is 3. The molecule has 1 saturated heterocycles. The zero-order valence-corrected chi connectivity index (χ0v) is 13.5. The van der Waals surface area contributed by atoms with Crippen LogP contribution in [0.5, 0.6) is 0 Å². The molecule has 112 valence electrons. The number of piperidine rings is 1. The minimum absolute atomic E-state index is 0.324. The third-order valence-electron chi connectivity index (χ3n) is 4.47. The number of halogens is 2. The molecule has 6 heteroatoms. The van der Waals surface area contributed by atoms with Crippen LogP contribution < -0.4 is 10.5 Å². The summed E-state index contributed by atoms with van der Waals surface area (Å²) in [6.07, 6.45) is 2.58. The lowest BCUT2D eigenvalue weighted by atomic mass is 10.2. The van der Waals surface area contributed by atoms with Gasteiger partial charge in [-0.3, -0.25) is 4.79 Å². The van der Waals surface area contributed by atoms with Gasteiger partial charge in [-0.2, -0.15) is 4.57 Å². The van der Waals surface area contributed by atoms with E-state index in [1.54, 1.807) is 6.07 Å². The van der Waals surface area contributed by atoms with Gasteiger partial charge < -0.3 is 4.90 Å². The van der Waals surface area contributed by atoms with Gasteiger partial charge in [0, 0.05) is 17.6 Å². The summed E-state index contributed by atoms with van der Waals surface area (Å²) in [6, 6.07) is 5.93. The Bertz CT molecular complexity index is 901. The molecule has 0 amide bonds. The molecule has 0 spiro atoms. The Labute approximate surface area is 135 Å². The smallest absolute Gasteiger partial charge is 0.274 e. The normalized spacial score (nSPS) is 22.4. The zero-order valence-electron chi connectivity index (χ0n) is 11.9. The molecule has 2 unspecified atom stereocenters. The van der Waals surface area contributed by atoms with Crippen molar-refractivity contribution in [2.75, 3.05) is 18.0 Å². The SMILES string of the molecule is Cc1cc(Br)c2nc(N3CC4CC4C3)n(C#CF)c(=O)c2c1. The van der Waals surface area contributed by atoms with E-state index in [1.807, 2.05) is 17.9 Å². The van der Waals surface area contributed by atoms with Crippen molar-refractivity contribution in [2.45, 2.75) is 13.3 Å². The van der Waals surface area contributed by atoms with E-state index < -0.39 is 0 Å². The second-order valence-electron chi connectivity index (χ2n) is 6.06. The molecule has 2 atom stereocenters. The van der Waals surface area contributed by atoms with Crippen LogP contribution in [0.15, 0.2) is 21.4 Å². The summed E-state index contributed by atoms with van der Waals surface area (Å²) in [5, 5.41) is 0.447. The van der Waals surface area contributed by atoms with Gasteiger partial charge in [0.15, 0.2) is 0 Å². The highest BCUT2D eigenvalue weighted by Crippen LogP contribution is 2.45. The average molecular weight is 362 g/mol. The lowest BCUT2D eigenvalue weighted by Gasteiger charge is -2.21. The number of anilines is 1. The van der Waals surface area contributed by atoms with Crippen LogP contribution in [-0.4, -0.2) is 22.6 Å². The van der Waals surface area contributed by atoms with Crippen LogP contribution in [0.4, 0.5) is 10.3 Å². The van der Waals surface area contributed by atoms with E-state index in [2.05, 4.69) is 27.0 Å². The predicted molar refractivity (Wildman–Crippen MR) is 86.5 cm³/mol. The third kappa shape index (κ3) is 2.03. The maximum Gasteiger partial charge on any atom is 0.274 e. The van der Waals surface area contributed by atoms with Gasteiger partial charge in [0.05, 0.1) is 16.9 Å². The van der Waals surface area contributed by atoms with Gasteiger partial charge >= 0.3 is 0 Å². The van der Waals surface area contributed by atoms with Crippen molar-refractivity contribution in [3.8, 4) is 12.2 Å². The van der Waals surface area contributed by atoms with E-state index in [0.29, 0.717) is 28.7 Å². The summed E-state index contributed by atoms with van der Waals surface area (Å²) < 4.78 is 14.5. The number of rotatable bonds is 1. The fraction of sp³-hybridized carbons (Fsp3) is 0.375. The molecule has 2 aliphatic rings. The topological polar surface area (TPSA) is 38.1 Å². The van der Waals surface area contributed by atoms with Gasteiger partial charge in [-0.25, -0.2) is 4.98 Å². The molecule has 4 nitrogen and oxygen atoms in total. The van der Waals surface area contributed by atoms with Crippen LogP contribution >= 0.6 is 15.9 Å². The Hall–Kier alpha value is -1.87. The van der Waals surface area contributed by atoms with Gasteiger partial charge in [-0.1, -0.05) is 0 Å². The van der Waals surface area contributed by atoms with Gasteiger partial charge in [-0.15, -0.1) is 4.39 Å². The molecule has 0 bridgehead atoms. The molecular formula is C16H13BrFN3O. The van der Waals surface area contributed by atoms with Crippen molar-refractivity contribution in [1.29, 1.82) is 0 Å². The van der Waals surface area contributed by atoms with E-state index in [4.69, 9.17) is 0 Å². The van der Waals surface area contributed by atoms with E-state index in [9.17, 15) is 9.18 Å². The minimum Gasteiger partial charge on any atom is -0.341 e. The number of hydrogen-bond donors (Lipinski definition) is 0. The van der Waals surface area contributed by atoms with Crippen LogP contribution in [0.3, 0.4) is 0 Å². The highest BCUT2D eigenvalue weighted by atomic mass is 79.9. The maximum absolute atomic E-state index is 12.7. The third-order valence-corrected chi connectivity index (χ3v) is 5.07. The Morgan fingerprint density at radius 3 is 2.77 bits per heavy atom. The van der Waals surface area contributed by atoms with Crippen LogP contribution in [0.25, 0.3) is 10.9 Å². The average Bonchev–Trinajstić information content (AvgIpc) is 3.09. The lowest BCUT2D eigenvalue weighted by Crippen LogP contribution is -2.31. The molecule has 4 rings (SSSR count). The van der Waals surface area contributed by atoms with Crippen molar-refractivity contribution in [3.05, 3.63) is 32.5 Å². The van der Waals surface area contributed by atoms with Crippen LogP contribution in [0.1, 0.15) is 12.0 Å². The van der Waals surface area contributed by atoms with Crippen molar-refractivity contribution >= 4 is 32.8 Å². The monoisotopic (exact) mass is 361 g/mol. The van der Waals surface area contributed by atoms with Crippen molar-refractivity contribution in [1.82, 2.24) is 9.55 Å². The molecule has 1 aromatic heterocycles. The molecule has 2 heterocycles. The minimum atomic E-state index is -0.324. The highest BCUT2D eigenvalue weighted by molar-refractivity contribution is 9.10. The van der Waals surface area contributed by atoms with Crippen LogP contribution in [0, 0.1) is 31.0 Å². The van der Waals surface area contributed by atoms with Crippen molar-refractivity contribution < 1.29 is 4.39 Å². The van der Waals surface area contributed by atoms with Crippen molar-refractivity contribution in [2.24, 2.45) is 11.8 Å². The summed E-state index contributed by atoms with van der Waals surface area (Å²) in [4.78, 5) is 19.3. The zero-order chi connectivity index (χ0) is 15.4. The maximum atomic E-state index is 12.7. The predicted octanol–water partition coefficient (Wildman–Crippen LogP) is 2.66. The first kappa shape index (κ1) is 13.8. The first-order chi connectivity index (χ1) is 10.6. The van der Waals surface area contributed by atoms with Gasteiger partial charge in [0.2, 0.25) is 5.95 Å². The molecule has 22 heavy (non-hydrogen) atoms. The Morgan fingerprint density at radius 2 is 2.09 bits per heavy atom. The Balaban J connectivity index is 1.99. The Kier molecular flexibility index (Phi) is 3.01. The number of hydrogen-bond acceptors (Lipinski definition) is 3. The van der Waals surface area contributed by atoms with Crippen LogP contribution in [-0.2, 0) is 0 Å². The standard InChI is InChI=1S/C16H13BrFN3O/c1-9-4-12-14(13(17)5-9)19-16(21(3-2-18)15(12)22)20-7-10-6-11(10)8-20/h4-5,10-11H,6-8H2,1H3. The van der Waals surface area contributed by atoms with Gasteiger partial charge in [0.25, 0.3) is 5.56 Å². The molecule has 1 saturated carbocycles. The molecule has 1 aliphatic carbocycles. The molecule has 2 fully saturated rings. The largest absolute Gasteiger partial charge is 0.341 e. The molecule has 1 aliphatic heterocycles. The van der Waals surface area contributed by atoms with Gasteiger partial charge in [0.1, 0.15) is 6.17 Å². The fourth-order valence-corrected chi connectivity index (χ4v) is 3.95. The van der Waals surface area contributed by atoms with E-state index in [1.165, 1.54) is 12.6 Å². The first-order valence-electron chi connectivity index (χ1n) is 7.18. The van der Waals surface area contributed by atoms with Crippen molar-refractivity contribution in [3.63, 3.8) is 0 Å². The summed E-state index contributed by atoms with van der Waals surface area (Å²) >= 11 is 3.47. The fourth-order valence-electron chi connectivity index (χ4n) is 3.29. The summed E-state index contributed by atoms with van der Waals surface area (Å²) in [7, 11) is 0. The summed E-state index contributed by atoms with van der Waals surface area (Å²) in [6.45, 7) is 3.62. The molecule has 2 aromatic rings. The van der Waals surface area contributed by atoms with Gasteiger partial charge in [-0.05, 0) is 58.8 Å². The molecule has 1 aromatic carbocycles. The van der Waals surface area contributed by atoms with E-state index in [-0.39, 0.29) is 5.56 Å². The number of benzene rings is 1.